The van der Waals surface area contributed by atoms with Gasteiger partial charge in [0, 0.05) is 13.0 Å². The van der Waals surface area contributed by atoms with Gasteiger partial charge in [-0.3, -0.25) is 4.79 Å². The summed E-state index contributed by atoms with van der Waals surface area (Å²) in [5, 5.41) is 2.36. The van der Waals surface area contributed by atoms with Crippen LogP contribution in [0.4, 0.5) is 0 Å². The first kappa shape index (κ1) is 16.0. The fraction of sp³-hybridized carbons (Fsp3) is 0.562. The molecule has 1 saturated heterocycles. The molecule has 1 amide bonds. The maximum Gasteiger partial charge on any atom is 0.221 e. The van der Waals surface area contributed by atoms with Gasteiger partial charge in [0.1, 0.15) is 0 Å². The molecule has 0 aliphatic carbocycles. The van der Waals surface area contributed by atoms with Crippen LogP contribution >= 0.6 is 0 Å². The number of hydrogen-bond acceptors (Lipinski definition) is 3. The van der Waals surface area contributed by atoms with Crippen LogP contribution in [0.25, 0.3) is 0 Å². The number of rotatable bonds is 5. The highest BCUT2D eigenvalue weighted by Gasteiger charge is 2.32. The molecule has 1 aromatic rings. The van der Waals surface area contributed by atoms with Crippen LogP contribution in [0.1, 0.15) is 36.0 Å². The molecule has 1 aromatic carbocycles. The van der Waals surface area contributed by atoms with E-state index >= 15 is 0 Å². The molecule has 21 heavy (non-hydrogen) atoms. The second-order valence-electron chi connectivity index (χ2n) is 5.93. The van der Waals surface area contributed by atoms with Gasteiger partial charge in [-0.2, -0.15) is 0 Å². The van der Waals surface area contributed by atoms with E-state index in [0.29, 0.717) is 19.4 Å². The minimum absolute atomic E-state index is 0.106. The van der Waals surface area contributed by atoms with Gasteiger partial charge in [0.15, 0.2) is 9.84 Å². The van der Waals surface area contributed by atoms with Crippen molar-refractivity contribution in [3.63, 3.8) is 0 Å². The molecule has 2 rings (SSSR count). The van der Waals surface area contributed by atoms with Crippen LogP contribution in [-0.4, -0.2) is 31.9 Å². The van der Waals surface area contributed by atoms with Crippen LogP contribution in [0, 0.1) is 13.8 Å². The molecule has 4 nitrogen and oxygen atoms in total. The Balaban J connectivity index is 1.79. The van der Waals surface area contributed by atoms with Crippen molar-refractivity contribution >= 4 is 15.7 Å². The molecule has 0 bridgehead atoms. The fourth-order valence-electron chi connectivity index (χ4n) is 2.93. The fourth-order valence-corrected chi connectivity index (χ4v) is 4.76. The largest absolute Gasteiger partial charge is 0.356 e. The molecule has 1 aliphatic heterocycles. The molecule has 1 aliphatic rings. The first-order valence-electron chi connectivity index (χ1n) is 7.42. The van der Waals surface area contributed by atoms with Crippen LogP contribution in [0.2, 0.25) is 0 Å². The van der Waals surface area contributed by atoms with Gasteiger partial charge in [0.25, 0.3) is 0 Å². The molecule has 1 N–H and O–H groups in total. The Morgan fingerprint density at radius 2 is 1.90 bits per heavy atom. The Morgan fingerprint density at radius 3 is 2.48 bits per heavy atom. The SMILES string of the molecule is Cc1cc(C)cc(CCNC(=O)CC2CCCS2(=O)=O)c1. The zero-order chi connectivity index (χ0) is 15.5. The van der Waals surface area contributed by atoms with E-state index in [1.807, 2.05) is 0 Å². The second-order valence-corrected chi connectivity index (χ2v) is 8.33. The van der Waals surface area contributed by atoms with Crippen LogP contribution in [0.15, 0.2) is 18.2 Å². The van der Waals surface area contributed by atoms with Crippen molar-refractivity contribution in [2.45, 2.75) is 44.8 Å². The summed E-state index contributed by atoms with van der Waals surface area (Å²) < 4.78 is 23.4. The summed E-state index contributed by atoms with van der Waals surface area (Å²) in [5.74, 6) is 0.0721. The van der Waals surface area contributed by atoms with Crippen molar-refractivity contribution in [2.24, 2.45) is 0 Å². The number of nitrogens with one attached hydrogen (secondary N) is 1. The van der Waals surface area contributed by atoms with E-state index in [1.54, 1.807) is 0 Å². The molecule has 0 spiro atoms. The van der Waals surface area contributed by atoms with E-state index in [2.05, 4.69) is 37.4 Å². The molecule has 0 aromatic heterocycles. The van der Waals surface area contributed by atoms with Gasteiger partial charge in [-0.25, -0.2) is 8.42 Å². The lowest BCUT2D eigenvalue weighted by Crippen LogP contribution is -2.30. The standard InChI is InChI=1S/C16H23NO3S/c1-12-8-13(2)10-14(9-12)5-6-17-16(18)11-15-4-3-7-21(15,19)20/h8-10,15H,3-7,11H2,1-2H3,(H,17,18). The highest BCUT2D eigenvalue weighted by atomic mass is 32.2. The number of carbonyl (C=O) groups is 1. The lowest BCUT2D eigenvalue weighted by molar-refractivity contribution is -0.121. The molecule has 5 heteroatoms. The minimum atomic E-state index is -3.03. The Kier molecular flexibility index (Phi) is 5.04. The smallest absolute Gasteiger partial charge is 0.221 e. The Bertz CT molecular complexity index is 602. The molecule has 116 valence electrons. The highest BCUT2D eigenvalue weighted by Crippen LogP contribution is 2.22. The quantitative estimate of drug-likeness (QED) is 0.904. The number of hydrogen-bond donors (Lipinski definition) is 1. The molecule has 0 saturated carbocycles. The predicted octanol–water partition coefficient (Wildman–Crippen LogP) is 1.93. The zero-order valence-corrected chi connectivity index (χ0v) is 13.5. The van der Waals surface area contributed by atoms with E-state index in [-0.39, 0.29) is 18.1 Å². The molecular formula is C16H23NO3S. The molecule has 1 unspecified atom stereocenters. The van der Waals surface area contributed by atoms with E-state index in [0.717, 1.165) is 6.42 Å². The molecular weight excluding hydrogens is 286 g/mol. The van der Waals surface area contributed by atoms with Crippen LogP contribution in [0.5, 0.6) is 0 Å². The normalized spacial score (nSPS) is 20.4. The van der Waals surface area contributed by atoms with Gasteiger partial charge in [-0.05, 0) is 38.7 Å². The highest BCUT2D eigenvalue weighted by molar-refractivity contribution is 7.92. The molecule has 1 heterocycles. The lowest BCUT2D eigenvalue weighted by atomic mass is 10.1. The van der Waals surface area contributed by atoms with E-state index in [1.165, 1.54) is 16.7 Å². The molecule has 0 radical (unpaired) electrons. The summed E-state index contributed by atoms with van der Waals surface area (Å²) in [4.78, 5) is 11.8. The third kappa shape index (κ3) is 4.56. The van der Waals surface area contributed by atoms with Gasteiger partial charge >= 0.3 is 0 Å². The van der Waals surface area contributed by atoms with Crippen molar-refractivity contribution < 1.29 is 13.2 Å². The number of aryl methyl sites for hydroxylation is 2. The average molecular weight is 309 g/mol. The van der Waals surface area contributed by atoms with Gasteiger partial charge < -0.3 is 5.32 Å². The summed E-state index contributed by atoms with van der Waals surface area (Å²) in [7, 11) is -3.03. The van der Waals surface area contributed by atoms with Gasteiger partial charge in [-0.1, -0.05) is 29.3 Å². The maximum absolute atomic E-state index is 11.8. The van der Waals surface area contributed by atoms with E-state index in [9.17, 15) is 13.2 Å². The summed E-state index contributed by atoms with van der Waals surface area (Å²) in [6.07, 6.45) is 2.18. The van der Waals surface area contributed by atoms with Crippen molar-refractivity contribution in [1.82, 2.24) is 5.32 Å². The maximum atomic E-state index is 11.8. The molecule has 1 atom stereocenters. The van der Waals surface area contributed by atoms with Crippen LogP contribution in [-0.2, 0) is 21.1 Å². The predicted molar refractivity (Wildman–Crippen MR) is 84.1 cm³/mol. The minimum Gasteiger partial charge on any atom is -0.356 e. The first-order valence-corrected chi connectivity index (χ1v) is 9.14. The number of sulfone groups is 1. The summed E-state index contributed by atoms with van der Waals surface area (Å²) in [6.45, 7) is 4.66. The third-order valence-corrected chi connectivity index (χ3v) is 6.17. The van der Waals surface area contributed by atoms with Crippen molar-refractivity contribution in [3.8, 4) is 0 Å². The van der Waals surface area contributed by atoms with Crippen LogP contribution < -0.4 is 5.32 Å². The second kappa shape index (κ2) is 6.60. The molecule has 1 fully saturated rings. The number of benzene rings is 1. The van der Waals surface area contributed by atoms with Gasteiger partial charge in [0.2, 0.25) is 5.91 Å². The number of carbonyl (C=O) groups excluding carboxylic acids is 1. The summed E-state index contributed by atoms with van der Waals surface area (Å²) >= 11 is 0. The van der Waals surface area contributed by atoms with Crippen molar-refractivity contribution in [3.05, 3.63) is 34.9 Å². The number of amides is 1. The van der Waals surface area contributed by atoms with Crippen molar-refractivity contribution in [2.75, 3.05) is 12.3 Å². The topological polar surface area (TPSA) is 63.2 Å². The van der Waals surface area contributed by atoms with Crippen molar-refractivity contribution in [1.29, 1.82) is 0 Å². The monoisotopic (exact) mass is 309 g/mol. The Labute approximate surface area is 126 Å². The Hall–Kier alpha value is -1.36. The lowest BCUT2D eigenvalue weighted by Gasteiger charge is -2.10. The summed E-state index contributed by atoms with van der Waals surface area (Å²) in [6, 6.07) is 6.34. The van der Waals surface area contributed by atoms with Crippen LogP contribution in [0.3, 0.4) is 0 Å². The summed E-state index contributed by atoms with van der Waals surface area (Å²) in [5.41, 5.74) is 3.63. The van der Waals surface area contributed by atoms with E-state index in [4.69, 9.17) is 0 Å². The zero-order valence-electron chi connectivity index (χ0n) is 12.7. The Morgan fingerprint density at radius 1 is 1.24 bits per heavy atom. The van der Waals surface area contributed by atoms with Gasteiger partial charge in [0.05, 0.1) is 11.0 Å². The first-order chi connectivity index (χ1) is 9.87. The third-order valence-electron chi connectivity index (χ3n) is 3.89. The van der Waals surface area contributed by atoms with E-state index < -0.39 is 15.1 Å². The van der Waals surface area contributed by atoms with Gasteiger partial charge in [-0.15, -0.1) is 0 Å². The average Bonchev–Trinajstić information content (AvgIpc) is 2.67.